The summed E-state index contributed by atoms with van der Waals surface area (Å²) in [7, 11) is 3.40. The van der Waals surface area contributed by atoms with E-state index in [0.717, 1.165) is 12.8 Å². The first-order valence-electron chi connectivity index (χ1n) is 5.93. The number of ether oxygens (including phenoxy) is 1. The van der Waals surface area contributed by atoms with Gasteiger partial charge in [-0.3, -0.25) is 9.69 Å². The zero-order chi connectivity index (χ0) is 13.2. The maximum absolute atomic E-state index is 11.9. The molecular formula is C12H22N2O3. The molecule has 0 spiro atoms. The molecule has 0 radical (unpaired) electrons. The van der Waals surface area contributed by atoms with E-state index in [0.29, 0.717) is 6.54 Å². The Morgan fingerprint density at radius 3 is 2.35 bits per heavy atom. The lowest BCUT2D eigenvalue weighted by Crippen LogP contribution is -2.47. The molecule has 1 rings (SSSR count). The number of amides is 2. The van der Waals surface area contributed by atoms with Gasteiger partial charge in [0.25, 0.3) is 0 Å². The molecule has 0 N–H and O–H groups in total. The van der Waals surface area contributed by atoms with Gasteiger partial charge in [0.2, 0.25) is 5.91 Å². The van der Waals surface area contributed by atoms with Gasteiger partial charge in [0.05, 0.1) is 0 Å². The smallest absolute Gasteiger partial charge is 0.410 e. The molecule has 0 aromatic carbocycles. The van der Waals surface area contributed by atoms with E-state index in [1.54, 1.807) is 14.1 Å². The largest absolute Gasteiger partial charge is 0.444 e. The van der Waals surface area contributed by atoms with Gasteiger partial charge in [-0.2, -0.15) is 0 Å². The van der Waals surface area contributed by atoms with Gasteiger partial charge in [0.1, 0.15) is 11.6 Å². The first-order valence-corrected chi connectivity index (χ1v) is 5.93. The average molecular weight is 242 g/mol. The molecule has 1 atom stereocenters. The van der Waals surface area contributed by atoms with Gasteiger partial charge in [-0.1, -0.05) is 0 Å². The van der Waals surface area contributed by atoms with Crippen LogP contribution in [-0.4, -0.2) is 54.1 Å². The van der Waals surface area contributed by atoms with Crippen molar-refractivity contribution >= 4 is 12.0 Å². The molecule has 98 valence electrons. The quantitative estimate of drug-likeness (QED) is 0.699. The predicted molar refractivity (Wildman–Crippen MR) is 64.7 cm³/mol. The summed E-state index contributed by atoms with van der Waals surface area (Å²) in [5.41, 5.74) is -0.522. The van der Waals surface area contributed by atoms with E-state index in [1.807, 2.05) is 20.8 Å². The van der Waals surface area contributed by atoms with Gasteiger partial charge in [0.15, 0.2) is 0 Å². The molecule has 0 unspecified atom stereocenters. The molecule has 17 heavy (non-hydrogen) atoms. The number of likely N-dealkylation sites (N-methyl/N-ethyl adjacent to an activating group) is 1. The number of hydrogen-bond donors (Lipinski definition) is 0. The zero-order valence-electron chi connectivity index (χ0n) is 11.3. The van der Waals surface area contributed by atoms with Gasteiger partial charge in [-0.25, -0.2) is 4.79 Å². The Bertz CT molecular complexity index is 307. The fourth-order valence-electron chi connectivity index (χ4n) is 1.86. The molecule has 5 heteroatoms. The Kier molecular flexibility index (Phi) is 4.01. The van der Waals surface area contributed by atoms with Crippen LogP contribution in [0.4, 0.5) is 4.79 Å². The Balaban J connectivity index is 2.70. The van der Waals surface area contributed by atoms with Crippen LogP contribution in [0.25, 0.3) is 0 Å². The molecule has 0 saturated carbocycles. The van der Waals surface area contributed by atoms with Crippen molar-refractivity contribution < 1.29 is 14.3 Å². The second kappa shape index (κ2) is 4.94. The molecule has 0 bridgehead atoms. The van der Waals surface area contributed by atoms with Crippen molar-refractivity contribution in [3.05, 3.63) is 0 Å². The van der Waals surface area contributed by atoms with Crippen LogP contribution in [0.3, 0.4) is 0 Å². The van der Waals surface area contributed by atoms with Crippen molar-refractivity contribution in [1.82, 2.24) is 9.80 Å². The Labute approximate surface area is 103 Å². The third-order valence-electron chi connectivity index (χ3n) is 2.61. The van der Waals surface area contributed by atoms with Gasteiger partial charge in [0, 0.05) is 20.6 Å². The molecule has 1 saturated heterocycles. The maximum Gasteiger partial charge on any atom is 0.410 e. The number of carbonyl (C=O) groups is 2. The summed E-state index contributed by atoms with van der Waals surface area (Å²) in [4.78, 5) is 26.9. The fourth-order valence-corrected chi connectivity index (χ4v) is 1.86. The summed E-state index contributed by atoms with van der Waals surface area (Å²) in [6.45, 7) is 6.07. The topological polar surface area (TPSA) is 49.9 Å². The highest BCUT2D eigenvalue weighted by molar-refractivity contribution is 5.86. The molecule has 2 amide bonds. The SMILES string of the molecule is CN(C)C(=O)[C@@H]1CCCN1C(=O)OC(C)(C)C. The summed E-state index contributed by atoms with van der Waals surface area (Å²) in [6.07, 6.45) is 1.18. The Morgan fingerprint density at radius 1 is 1.29 bits per heavy atom. The lowest BCUT2D eigenvalue weighted by Gasteiger charge is -2.29. The summed E-state index contributed by atoms with van der Waals surface area (Å²) >= 11 is 0. The monoisotopic (exact) mass is 242 g/mol. The van der Waals surface area contributed by atoms with Crippen molar-refractivity contribution in [2.45, 2.75) is 45.3 Å². The van der Waals surface area contributed by atoms with E-state index < -0.39 is 11.7 Å². The van der Waals surface area contributed by atoms with E-state index in [4.69, 9.17) is 4.74 Å². The number of rotatable bonds is 1. The van der Waals surface area contributed by atoms with Crippen LogP contribution < -0.4 is 0 Å². The van der Waals surface area contributed by atoms with Crippen LogP contribution in [-0.2, 0) is 9.53 Å². The Morgan fingerprint density at radius 2 is 1.88 bits per heavy atom. The van der Waals surface area contributed by atoms with Crippen molar-refractivity contribution in [2.75, 3.05) is 20.6 Å². The Hall–Kier alpha value is -1.26. The summed E-state index contributed by atoms with van der Waals surface area (Å²) < 4.78 is 5.30. The van der Waals surface area contributed by atoms with Gasteiger partial charge < -0.3 is 9.64 Å². The van der Waals surface area contributed by atoms with Crippen molar-refractivity contribution in [3.8, 4) is 0 Å². The highest BCUT2D eigenvalue weighted by atomic mass is 16.6. The summed E-state index contributed by atoms with van der Waals surface area (Å²) in [5, 5.41) is 0. The normalized spacial score (nSPS) is 20.3. The van der Waals surface area contributed by atoms with Gasteiger partial charge in [-0.05, 0) is 33.6 Å². The van der Waals surface area contributed by atoms with Gasteiger partial charge >= 0.3 is 6.09 Å². The maximum atomic E-state index is 11.9. The van der Waals surface area contributed by atoms with Crippen LogP contribution in [0.5, 0.6) is 0 Å². The molecule has 0 aromatic rings. The number of nitrogens with zero attached hydrogens (tertiary/aromatic N) is 2. The second-order valence-electron chi connectivity index (χ2n) is 5.56. The standard InChI is InChI=1S/C12H22N2O3/c1-12(2,3)17-11(16)14-8-6-7-9(14)10(15)13(4)5/h9H,6-8H2,1-5H3/t9-/m0/s1. The molecule has 5 nitrogen and oxygen atoms in total. The van der Waals surface area contributed by atoms with Gasteiger partial charge in [-0.15, -0.1) is 0 Å². The lowest BCUT2D eigenvalue weighted by molar-refractivity contribution is -0.133. The van der Waals surface area contributed by atoms with Crippen molar-refractivity contribution in [2.24, 2.45) is 0 Å². The van der Waals surface area contributed by atoms with E-state index in [9.17, 15) is 9.59 Å². The molecule has 0 aliphatic carbocycles. The number of likely N-dealkylation sites (tertiary alicyclic amines) is 1. The minimum absolute atomic E-state index is 0.0339. The minimum Gasteiger partial charge on any atom is -0.444 e. The molecular weight excluding hydrogens is 220 g/mol. The van der Waals surface area contributed by atoms with E-state index in [1.165, 1.54) is 9.80 Å². The van der Waals surface area contributed by atoms with Crippen molar-refractivity contribution in [1.29, 1.82) is 0 Å². The van der Waals surface area contributed by atoms with Crippen LogP contribution in [0, 0.1) is 0 Å². The zero-order valence-corrected chi connectivity index (χ0v) is 11.3. The number of carbonyl (C=O) groups excluding carboxylic acids is 2. The summed E-state index contributed by atoms with van der Waals surface area (Å²) in [5.74, 6) is -0.0339. The van der Waals surface area contributed by atoms with Crippen molar-refractivity contribution in [3.63, 3.8) is 0 Å². The lowest BCUT2D eigenvalue weighted by atomic mass is 10.2. The van der Waals surface area contributed by atoms with E-state index in [2.05, 4.69) is 0 Å². The molecule has 0 aromatic heterocycles. The van der Waals surface area contributed by atoms with Crippen LogP contribution in [0.2, 0.25) is 0 Å². The molecule has 1 aliphatic rings. The molecule has 1 heterocycles. The predicted octanol–water partition coefficient (Wildman–Crippen LogP) is 1.47. The first-order chi connectivity index (χ1) is 7.72. The van der Waals surface area contributed by atoms with E-state index in [-0.39, 0.29) is 11.9 Å². The van der Waals surface area contributed by atoms with Crippen LogP contribution in [0.1, 0.15) is 33.6 Å². The molecule has 1 fully saturated rings. The third-order valence-corrected chi connectivity index (χ3v) is 2.61. The highest BCUT2D eigenvalue weighted by Crippen LogP contribution is 2.21. The summed E-state index contributed by atoms with van der Waals surface area (Å²) in [6, 6.07) is -0.361. The second-order valence-corrected chi connectivity index (χ2v) is 5.56. The van der Waals surface area contributed by atoms with Crippen LogP contribution >= 0.6 is 0 Å². The van der Waals surface area contributed by atoms with Crippen LogP contribution in [0.15, 0.2) is 0 Å². The van der Waals surface area contributed by atoms with E-state index >= 15 is 0 Å². The first kappa shape index (κ1) is 13.8. The highest BCUT2D eigenvalue weighted by Gasteiger charge is 2.37. The fraction of sp³-hybridized carbons (Fsp3) is 0.833. The third kappa shape index (κ3) is 3.61. The number of hydrogen-bond acceptors (Lipinski definition) is 3. The molecule has 1 aliphatic heterocycles. The average Bonchev–Trinajstić information content (AvgIpc) is 2.61. The minimum atomic E-state index is -0.522.